The highest BCUT2D eigenvalue weighted by molar-refractivity contribution is 5.74. The number of hydrogen-bond acceptors (Lipinski definition) is 4. The first-order chi connectivity index (χ1) is 13.2. The zero-order chi connectivity index (χ0) is 18.6. The van der Waals surface area contributed by atoms with E-state index in [1.807, 2.05) is 29.2 Å². The second-order valence-electron chi connectivity index (χ2n) is 7.53. The van der Waals surface area contributed by atoms with Crippen molar-refractivity contribution in [2.24, 2.45) is 5.92 Å². The fourth-order valence-electron chi connectivity index (χ4n) is 4.22. The minimum absolute atomic E-state index is 0.0207. The first kappa shape index (κ1) is 17.9. The van der Waals surface area contributed by atoms with E-state index in [1.54, 1.807) is 13.4 Å². The summed E-state index contributed by atoms with van der Waals surface area (Å²) >= 11 is 0. The van der Waals surface area contributed by atoms with Gasteiger partial charge < -0.3 is 19.4 Å². The first-order valence-corrected chi connectivity index (χ1v) is 9.63. The summed E-state index contributed by atoms with van der Waals surface area (Å²) in [5, 5.41) is 3.01. The number of benzene rings is 1. The smallest absolute Gasteiger partial charge is 0.318 e. The largest absolute Gasteiger partial charge is 0.497 e. The molecule has 6 nitrogen and oxygen atoms in total. The molecule has 0 radical (unpaired) electrons. The Hall–Kier alpha value is -2.47. The van der Waals surface area contributed by atoms with Gasteiger partial charge in [0.25, 0.3) is 0 Å². The molecule has 6 heteroatoms. The standard InChI is InChI=1S/C21H27N3O3/c1-26-19-8-5-16(6-9-19)12-23-13-17-4-7-18(15-23)24(14-17)21(25)22-11-20-3-2-10-27-20/h2-3,5-6,8-10,17-18H,4,7,11-15H2,1H3,(H,22,25)/t17-,18+/m1/s1. The first-order valence-electron chi connectivity index (χ1n) is 9.63. The number of piperidine rings is 1. The number of rotatable bonds is 5. The number of hydrogen-bond donors (Lipinski definition) is 1. The van der Waals surface area contributed by atoms with Gasteiger partial charge in [-0.15, -0.1) is 0 Å². The van der Waals surface area contributed by atoms with Gasteiger partial charge in [-0.3, -0.25) is 4.90 Å². The third-order valence-corrected chi connectivity index (χ3v) is 5.61. The Labute approximate surface area is 160 Å². The van der Waals surface area contributed by atoms with Crippen molar-refractivity contribution in [3.05, 3.63) is 54.0 Å². The van der Waals surface area contributed by atoms with Gasteiger partial charge in [-0.25, -0.2) is 4.79 Å². The quantitative estimate of drug-likeness (QED) is 0.880. The van der Waals surface area contributed by atoms with Crippen LogP contribution in [0.1, 0.15) is 24.2 Å². The predicted octanol–water partition coefficient (Wildman–Crippen LogP) is 3.09. The van der Waals surface area contributed by atoms with Crippen LogP contribution in [0.4, 0.5) is 4.79 Å². The van der Waals surface area contributed by atoms with Gasteiger partial charge in [0.1, 0.15) is 11.5 Å². The van der Waals surface area contributed by atoms with Gasteiger partial charge in [0.2, 0.25) is 0 Å². The fourth-order valence-corrected chi connectivity index (χ4v) is 4.22. The molecule has 0 spiro atoms. The van der Waals surface area contributed by atoms with Gasteiger partial charge in [0.15, 0.2) is 0 Å². The molecule has 1 N–H and O–H groups in total. The normalized spacial score (nSPS) is 22.5. The Balaban J connectivity index is 1.36. The molecule has 2 atom stereocenters. The molecule has 1 aromatic heterocycles. The minimum Gasteiger partial charge on any atom is -0.497 e. The van der Waals surface area contributed by atoms with E-state index in [9.17, 15) is 4.79 Å². The highest BCUT2D eigenvalue weighted by atomic mass is 16.5. The lowest BCUT2D eigenvalue weighted by molar-refractivity contribution is 0.139. The monoisotopic (exact) mass is 369 g/mol. The van der Waals surface area contributed by atoms with Gasteiger partial charge in [-0.05, 0) is 48.6 Å². The zero-order valence-electron chi connectivity index (χ0n) is 15.8. The molecule has 2 aromatic rings. The lowest BCUT2D eigenvalue weighted by Gasteiger charge is -2.36. The molecular formula is C21H27N3O3. The molecule has 3 aliphatic rings. The highest BCUT2D eigenvalue weighted by Crippen LogP contribution is 2.29. The summed E-state index contributed by atoms with van der Waals surface area (Å²) in [6.07, 6.45) is 3.91. The van der Waals surface area contributed by atoms with Crippen LogP contribution in [-0.4, -0.2) is 48.6 Å². The Kier molecular flexibility index (Phi) is 5.34. The molecule has 0 unspecified atom stereocenters. The van der Waals surface area contributed by atoms with Crippen LogP contribution < -0.4 is 10.1 Å². The van der Waals surface area contributed by atoms with Gasteiger partial charge in [-0.1, -0.05) is 12.1 Å². The van der Waals surface area contributed by atoms with Crippen molar-refractivity contribution in [3.63, 3.8) is 0 Å². The summed E-state index contributed by atoms with van der Waals surface area (Å²) in [4.78, 5) is 17.2. The molecule has 3 aliphatic heterocycles. The van der Waals surface area contributed by atoms with E-state index in [-0.39, 0.29) is 12.1 Å². The predicted molar refractivity (Wildman–Crippen MR) is 102 cm³/mol. The number of fused-ring (bicyclic) bond motifs is 4. The van der Waals surface area contributed by atoms with E-state index in [1.165, 1.54) is 12.0 Å². The number of amides is 2. The number of carbonyl (C=O) groups excluding carboxylic acids is 1. The van der Waals surface area contributed by atoms with Crippen molar-refractivity contribution in [2.45, 2.75) is 32.0 Å². The van der Waals surface area contributed by atoms with E-state index < -0.39 is 0 Å². The van der Waals surface area contributed by atoms with Crippen LogP contribution in [0, 0.1) is 5.92 Å². The van der Waals surface area contributed by atoms with Gasteiger partial charge in [0, 0.05) is 32.2 Å². The molecule has 2 amide bonds. The third-order valence-electron chi connectivity index (χ3n) is 5.61. The maximum Gasteiger partial charge on any atom is 0.318 e. The van der Waals surface area contributed by atoms with E-state index in [0.29, 0.717) is 12.5 Å². The number of ether oxygens (including phenoxy) is 1. The van der Waals surface area contributed by atoms with Gasteiger partial charge in [-0.2, -0.15) is 0 Å². The van der Waals surface area contributed by atoms with Crippen molar-refractivity contribution in [2.75, 3.05) is 26.7 Å². The van der Waals surface area contributed by atoms with E-state index in [0.717, 1.165) is 44.1 Å². The second-order valence-corrected chi connectivity index (χ2v) is 7.53. The Morgan fingerprint density at radius 2 is 2.04 bits per heavy atom. The molecule has 0 saturated carbocycles. The second kappa shape index (κ2) is 8.05. The number of nitrogens with zero attached hydrogens (tertiary/aromatic N) is 2. The third kappa shape index (κ3) is 4.27. The number of furan rings is 1. The van der Waals surface area contributed by atoms with Crippen LogP contribution in [0.5, 0.6) is 5.75 Å². The average Bonchev–Trinajstić information content (AvgIpc) is 3.07. The molecule has 144 valence electrons. The minimum atomic E-state index is 0.0207. The Bertz CT molecular complexity index is 745. The number of methoxy groups -OCH3 is 1. The lowest BCUT2D eigenvalue weighted by Crippen LogP contribution is -2.51. The highest BCUT2D eigenvalue weighted by Gasteiger charge is 2.37. The number of nitrogens with one attached hydrogen (secondary N) is 1. The van der Waals surface area contributed by atoms with E-state index in [2.05, 4.69) is 22.3 Å². The van der Waals surface area contributed by atoms with E-state index >= 15 is 0 Å². The maximum atomic E-state index is 12.7. The van der Waals surface area contributed by atoms with Crippen molar-refractivity contribution >= 4 is 6.03 Å². The molecule has 4 heterocycles. The summed E-state index contributed by atoms with van der Waals surface area (Å²) < 4.78 is 10.5. The average molecular weight is 369 g/mol. The SMILES string of the molecule is COc1ccc(CN2C[C@H]3CC[C@@H](C2)N(C(=O)NCc2ccco2)C3)cc1. The fraction of sp³-hybridized carbons (Fsp3) is 0.476. The molecular weight excluding hydrogens is 342 g/mol. The summed E-state index contributed by atoms with van der Waals surface area (Å²) in [5.74, 6) is 2.20. The number of urea groups is 1. The maximum absolute atomic E-state index is 12.7. The van der Waals surface area contributed by atoms with Crippen LogP contribution in [0.15, 0.2) is 47.1 Å². The summed E-state index contributed by atoms with van der Waals surface area (Å²) in [6.45, 7) is 4.17. The molecule has 1 aromatic carbocycles. The molecule has 2 bridgehead atoms. The van der Waals surface area contributed by atoms with Crippen molar-refractivity contribution in [3.8, 4) is 5.75 Å². The van der Waals surface area contributed by atoms with Gasteiger partial charge >= 0.3 is 6.03 Å². The summed E-state index contributed by atoms with van der Waals surface area (Å²) in [6, 6.07) is 12.3. The molecule has 3 fully saturated rings. The van der Waals surface area contributed by atoms with Crippen molar-refractivity contribution in [1.29, 1.82) is 0 Å². The van der Waals surface area contributed by atoms with Crippen molar-refractivity contribution < 1.29 is 13.9 Å². The summed E-state index contributed by atoms with van der Waals surface area (Å²) in [5.41, 5.74) is 1.28. The zero-order valence-corrected chi connectivity index (χ0v) is 15.8. The number of carbonyl (C=O) groups is 1. The van der Waals surface area contributed by atoms with Gasteiger partial charge in [0.05, 0.1) is 19.9 Å². The van der Waals surface area contributed by atoms with Crippen LogP contribution >= 0.6 is 0 Å². The van der Waals surface area contributed by atoms with E-state index in [4.69, 9.17) is 9.15 Å². The summed E-state index contributed by atoms with van der Waals surface area (Å²) in [7, 11) is 1.69. The molecule has 27 heavy (non-hydrogen) atoms. The Morgan fingerprint density at radius 3 is 2.78 bits per heavy atom. The molecule has 0 aliphatic carbocycles. The Morgan fingerprint density at radius 1 is 1.19 bits per heavy atom. The van der Waals surface area contributed by atoms with Crippen LogP contribution in [0.2, 0.25) is 0 Å². The van der Waals surface area contributed by atoms with Crippen LogP contribution in [-0.2, 0) is 13.1 Å². The van der Waals surface area contributed by atoms with Crippen LogP contribution in [0.25, 0.3) is 0 Å². The topological polar surface area (TPSA) is 58.0 Å². The molecule has 5 rings (SSSR count). The van der Waals surface area contributed by atoms with Crippen LogP contribution in [0.3, 0.4) is 0 Å². The lowest BCUT2D eigenvalue weighted by atomic mass is 9.95. The van der Waals surface area contributed by atoms with Crippen molar-refractivity contribution in [1.82, 2.24) is 15.1 Å². The molecule has 3 saturated heterocycles.